The molecule has 148 valence electrons. The Hall–Kier alpha value is -3.20. The molecule has 1 fully saturated rings. The fraction of sp³-hybridized carbons (Fsp3) is 0.316. The molecule has 28 heavy (non-hydrogen) atoms. The van der Waals surface area contributed by atoms with E-state index in [9.17, 15) is 18.8 Å². The van der Waals surface area contributed by atoms with Gasteiger partial charge in [0.25, 0.3) is 5.91 Å². The first kappa shape index (κ1) is 19.6. The predicted octanol–water partition coefficient (Wildman–Crippen LogP) is 0.931. The normalized spacial score (nSPS) is 14.5. The Morgan fingerprint density at radius 1 is 1.07 bits per heavy atom. The summed E-state index contributed by atoms with van der Waals surface area (Å²) in [7, 11) is 0. The maximum Gasteiger partial charge on any atom is 0.287 e. The number of carbonyl (C=O) groups excluding carboxylic acids is 3. The van der Waals surface area contributed by atoms with Crippen molar-refractivity contribution < 1.29 is 23.2 Å². The third-order valence-electron chi connectivity index (χ3n) is 4.35. The first-order valence-electron chi connectivity index (χ1n) is 8.88. The maximum atomic E-state index is 13.2. The molecule has 2 N–H and O–H groups in total. The van der Waals surface area contributed by atoms with Gasteiger partial charge >= 0.3 is 0 Å². The minimum absolute atomic E-state index is 0.112. The standard InChI is InChI=1S/C19H21FN4O4/c20-14-3-1-4-15(11-14)22-17(25)13-23-6-8-24(9-7-23)18(26)12-21-19(27)16-5-2-10-28-16/h1-5,10-11H,6-9,12-13H2,(H,21,27)(H,22,25). The van der Waals surface area contributed by atoms with Crippen molar-refractivity contribution in [2.45, 2.75) is 0 Å². The Morgan fingerprint density at radius 3 is 2.54 bits per heavy atom. The van der Waals surface area contributed by atoms with Crippen LogP contribution in [-0.4, -0.2) is 66.8 Å². The Morgan fingerprint density at radius 2 is 1.86 bits per heavy atom. The van der Waals surface area contributed by atoms with E-state index in [2.05, 4.69) is 10.6 Å². The molecule has 1 aromatic heterocycles. The summed E-state index contributed by atoms with van der Waals surface area (Å²) >= 11 is 0. The van der Waals surface area contributed by atoms with Crippen LogP contribution >= 0.6 is 0 Å². The van der Waals surface area contributed by atoms with Crippen LogP contribution in [0.5, 0.6) is 0 Å². The molecule has 1 aromatic carbocycles. The third kappa shape index (κ3) is 5.40. The highest BCUT2D eigenvalue weighted by molar-refractivity contribution is 5.94. The predicted molar refractivity (Wildman–Crippen MR) is 99.1 cm³/mol. The van der Waals surface area contributed by atoms with Crippen molar-refractivity contribution in [1.29, 1.82) is 0 Å². The molecule has 1 aliphatic rings. The number of anilines is 1. The van der Waals surface area contributed by atoms with E-state index in [1.807, 2.05) is 4.90 Å². The molecular formula is C19H21FN4O4. The first-order valence-corrected chi connectivity index (χ1v) is 8.88. The second kappa shape index (κ2) is 9.14. The van der Waals surface area contributed by atoms with Gasteiger partial charge in [-0.05, 0) is 30.3 Å². The van der Waals surface area contributed by atoms with E-state index in [1.165, 1.54) is 30.5 Å². The summed E-state index contributed by atoms with van der Waals surface area (Å²) in [5.74, 6) is -1.13. The Balaban J connectivity index is 1.38. The SMILES string of the molecule is O=C(CN1CCN(C(=O)CNC(=O)c2ccco2)CC1)Nc1cccc(F)c1. The van der Waals surface area contributed by atoms with Gasteiger partial charge in [-0.15, -0.1) is 0 Å². The fourth-order valence-electron chi connectivity index (χ4n) is 2.89. The summed E-state index contributed by atoms with van der Waals surface area (Å²) < 4.78 is 18.1. The summed E-state index contributed by atoms with van der Waals surface area (Å²) in [5, 5.41) is 5.18. The molecule has 9 heteroatoms. The van der Waals surface area contributed by atoms with Gasteiger partial charge in [0.1, 0.15) is 5.82 Å². The van der Waals surface area contributed by atoms with Crippen LogP contribution in [-0.2, 0) is 9.59 Å². The van der Waals surface area contributed by atoms with Crippen LogP contribution in [0.25, 0.3) is 0 Å². The molecule has 1 aliphatic heterocycles. The Labute approximate surface area is 161 Å². The zero-order valence-corrected chi connectivity index (χ0v) is 15.2. The number of furan rings is 1. The van der Waals surface area contributed by atoms with E-state index < -0.39 is 11.7 Å². The van der Waals surface area contributed by atoms with Crippen LogP contribution < -0.4 is 10.6 Å². The van der Waals surface area contributed by atoms with Gasteiger partial charge in [-0.3, -0.25) is 19.3 Å². The van der Waals surface area contributed by atoms with E-state index in [0.29, 0.717) is 31.9 Å². The number of nitrogens with one attached hydrogen (secondary N) is 2. The van der Waals surface area contributed by atoms with E-state index in [0.717, 1.165) is 0 Å². The average Bonchev–Trinajstić information content (AvgIpc) is 3.21. The van der Waals surface area contributed by atoms with Gasteiger partial charge in [0, 0.05) is 31.9 Å². The number of carbonyl (C=O) groups is 3. The molecular weight excluding hydrogens is 367 g/mol. The number of piperazine rings is 1. The maximum absolute atomic E-state index is 13.2. The molecule has 0 saturated carbocycles. The van der Waals surface area contributed by atoms with E-state index in [1.54, 1.807) is 17.0 Å². The second-order valence-corrected chi connectivity index (χ2v) is 6.38. The smallest absolute Gasteiger partial charge is 0.287 e. The number of nitrogens with zero attached hydrogens (tertiary/aromatic N) is 2. The quantitative estimate of drug-likeness (QED) is 0.768. The molecule has 0 bridgehead atoms. The lowest BCUT2D eigenvalue weighted by molar-refractivity contribution is -0.132. The molecule has 2 aromatic rings. The number of rotatable bonds is 6. The third-order valence-corrected chi connectivity index (χ3v) is 4.35. The van der Waals surface area contributed by atoms with Crippen molar-refractivity contribution in [3.63, 3.8) is 0 Å². The minimum atomic E-state index is -0.439. The van der Waals surface area contributed by atoms with Crippen molar-refractivity contribution in [3.05, 3.63) is 54.2 Å². The zero-order valence-electron chi connectivity index (χ0n) is 15.2. The number of benzene rings is 1. The van der Waals surface area contributed by atoms with E-state index in [4.69, 9.17) is 4.42 Å². The summed E-state index contributed by atoms with van der Waals surface area (Å²) in [6, 6.07) is 8.83. The largest absolute Gasteiger partial charge is 0.459 e. The molecule has 3 rings (SSSR count). The molecule has 2 heterocycles. The Bertz CT molecular complexity index is 832. The van der Waals surface area contributed by atoms with Gasteiger partial charge in [-0.25, -0.2) is 4.39 Å². The number of halogens is 1. The molecule has 1 saturated heterocycles. The lowest BCUT2D eigenvalue weighted by Crippen LogP contribution is -2.52. The molecule has 0 radical (unpaired) electrons. The minimum Gasteiger partial charge on any atom is -0.459 e. The molecule has 0 atom stereocenters. The van der Waals surface area contributed by atoms with Gasteiger partial charge < -0.3 is 20.0 Å². The summed E-state index contributed by atoms with van der Waals surface area (Å²) in [5.41, 5.74) is 0.408. The lowest BCUT2D eigenvalue weighted by atomic mass is 10.3. The molecule has 8 nitrogen and oxygen atoms in total. The summed E-state index contributed by atoms with van der Waals surface area (Å²) in [6.45, 7) is 2.04. The second-order valence-electron chi connectivity index (χ2n) is 6.38. The highest BCUT2D eigenvalue weighted by Gasteiger charge is 2.23. The van der Waals surface area contributed by atoms with Gasteiger partial charge in [0.05, 0.1) is 19.4 Å². The van der Waals surface area contributed by atoms with Crippen LogP contribution in [0.4, 0.5) is 10.1 Å². The van der Waals surface area contributed by atoms with Crippen LogP contribution in [0.15, 0.2) is 47.1 Å². The zero-order chi connectivity index (χ0) is 19.9. The van der Waals surface area contributed by atoms with Gasteiger partial charge in [-0.1, -0.05) is 6.07 Å². The monoisotopic (exact) mass is 388 g/mol. The average molecular weight is 388 g/mol. The highest BCUT2D eigenvalue weighted by Crippen LogP contribution is 2.09. The van der Waals surface area contributed by atoms with Crippen molar-refractivity contribution in [3.8, 4) is 0 Å². The fourth-order valence-corrected chi connectivity index (χ4v) is 2.89. The first-order chi connectivity index (χ1) is 13.5. The van der Waals surface area contributed by atoms with Crippen molar-refractivity contribution >= 4 is 23.4 Å². The van der Waals surface area contributed by atoms with Crippen LogP contribution in [0.3, 0.4) is 0 Å². The van der Waals surface area contributed by atoms with E-state index >= 15 is 0 Å². The number of hydrogen-bond acceptors (Lipinski definition) is 5. The Kier molecular flexibility index (Phi) is 6.38. The van der Waals surface area contributed by atoms with Crippen molar-refractivity contribution in [1.82, 2.24) is 15.1 Å². The van der Waals surface area contributed by atoms with Crippen molar-refractivity contribution in [2.75, 3.05) is 44.6 Å². The van der Waals surface area contributed by atoms with Crippen molar-refractivity contribution in [2.24, 2.45) is 0 Å². The van der Waals surface area contributed by atoms with E-state index in [-0.39, 0.29) is 30.7 Å². The molecule has 0 spiro atoms. The topological polar surface area (TPSA) is 94.9 Å². The van der Waals surface area contributed by atoms with Gasteiger partial charge in [0.15, 0.2) is 5.76 Å². The van der Waals surface area contributed by atoms with Crippen LogP contribution in [0, 0.1) is 5.82 Å². The van der Waals surface area contributed by atoms with Gasteiger partial charge in [0.2, 0.25) is 11.8 Å². The molecule has 0 aliphatic carbocycles. The van der Waals surface area contributed by atoms with Crippen LogP contribution in [0.1, 0.15) is 10.6 Å². The summed E-state index contributed by atoms with van der Waals surface area (Å²) in [6.07, 6.45) is 1.39. The summed E-state index contributed by atoms with van der Waals surface area (Å²) in [4.78, 5) is 39.7. The molecule has 0 unspecified atom stereocenters. The van der Waals surface area contributed by atoms with Gasteiger partial charge in [-0.2, -0.15) is 0 Å². The highest BCUT2D eigenvalue weighted by atomic mass is 19.1. The van der Waals surface area contributed by atoms with Crippen LogP contribution in [0.2, 0.25) is 0 Å². The number of amides is 3. The molecule has 3 amide bonds. The number of hydrogen-bond donors (Lipinski definition) is 2. The lowest BCUT2D eigenvalue weighted by Gasteiger charge is -2.34.